The summed E-state index contributed by atoms with van der Waals surface area (Å²) in [6.45, 7) is 6.16. The Morgan fingerprint density at radius 1 is 0.878 bits per heavy atom. The highest BCUT2D eigenvalue weighted by atomic mass is 16.5. The number of carbonyl (C=O) groups is 1. The van der Waals surface area contributed by atoms with E-state index in [-0.39, 0.29) is 17.6 Å². The van der Waals surface area contributed by atoms with E-state index in [2.05, 4.69) is 63.2 Å². The van der Waals surface area contributed by atoms with Crippen LogP contribution in [-0.4, -0.2) is 87.9 Å². The van der Waals surface area contributed by atoms with Gasteiger partial charge in [0.1, 0.15) is 24.8 Å². The van der Waals surface area contributed by atoms with Crippen molar-refractivity contribution in [1.29, 1.82) is 0 Å². The molecule has 5 aliphatic rings. The number of benzene rings is 3. The van der Waals surface area contributed by atoms with Gasteiger partial charge in [0.25, 0.3) is 0 Å². The van der Waals surface area contributed by atoms with Crippen molar-refractivity contribution in [2.24, 2.45) is 0 Å². The van der Waals surface area contributed by atoms with Gasteiger partial charge in [-0.15, -0.1) is 0 Å². The van der Waals surface area contributed by atoms with E-state index in [1.54, 1.807) is 4.90 Å². The molecule has 9 rings (SSSR count). The summed E-state index contributed by atoms with van der Waals surface area (Å²) in [6.07, 6.45) is 6.53. The Bertz CT molecular complexity index is 1850. The van der Waals surface area contributed by atoms with Crippen LogP contribution in [0.2, 0.25) is 0 Å². The van der Waals surface area contributed by atoms with E-state index in [1.165, 1.54) is 18.2 Å². The maximum Gasteiger partial charge on any atom is 0.407 e. The van der Waals surface area contributed by atoms with Gasteiger partial charge in [-0.2, -0.15) is 9.97 Å². The first-order valence-corrected chi connectivity index (χ1v) is 18.0. The number of nitrogens with zero attached hydrogens (tertiary/aromatic N) is 6. The molecule has 0 saturated carbocycles. The molecule has 0 aliphatic carbocycles. The fraction of sp³-hybridized carbons (Fsp3) is 0.462. The molecule has 0 unspecified atom stereocenters. The van der Waals surface area contributed by atoms with Crippen LogP contribution in [0.15, 0.2) is 66.7 Å². The lowest BCUT2D eigenvalue weighted by Gasteiger charge is -2.41. The number of amides is 1. The molecular formula is C39H44N6O4. The monoisotopic (exact) mass is 660 g/mol. The Hall–Kier alpha value is -4.57. The molecule has 3 aromatic carbocycles. The second kappa shape index (κ2) is 12.4. The van der Waals surface area contributed by atoms with Gasteiger partial charge in [-0.3, -0.25) is 9.80 Å². The molecule has 49 heavy (non-hydrogen) atoms. The number of piperazine rings is 1. The fourth-order valence-electron chi connectivity index (χ4n) is 9.32. The maximum atomic E-state index is 12.1. The van der Waals surface area contributed by atoms with E-state index in [9.17, 15) is 9.90 Å². The molecule has 4 aromatic rings. The van der Waals surface area contributed by atoms with Crippen molar-refractivity contribution in [1.82, 2.24) is 19.8 Å². The lowest BCUT2D eigenvalue weighted by Crippen LogP contribution is -2.56. The van der Waals surface area contributed by atoms with Crippen LogP contribution < -0.4 is 19.3 Å². The highest BCUT2D eigenvalue weighted by Crippen LogP contribution is 2.41. The van der Waals surface area contributed by atoms with Crippen LogP contribution in [0.4, 0.5) is 16.3 Å². The van der Waals surface area contributed by atoms with E-state index in [0.717, 1.165) is 91.2 Å². The molecule has 0 radical (unpaired) electrons. The zero-order valence-electron chi connectivity index (χ0n) is 28.0. The highest BCUT2D eigenvalue weighted by molar-refractivity contribution is 5.96. The molecule has 10 nitrogen and oxygen atoms in total. The smallest absolute Gasteiger partial charge is 0.407 e. The Morgan fingerprint density at radius 3 is 2.41 bits per heavy atom. The third kappa shape index (κ3) is 5.59. The summed E-state index contributed by atoms with van der Waals surface area (Å²) in [5.74, 6) is 1.78. The van der Waals surface area contributed by atoms with Gasteiger partial charge in [0.2, 0.25) is 0 Å². The summed E-state index contributed by atoms with van der Waals surface area (Å²) < 4.78 is 12.9. The van der Waals surface area contributed by atoms with Gasteiger partial charge in [0.15, 0.2) is 0 Å². The Balaban J connectivity index is 1.04. The first-order valence-electron chi connectivity index (χ1n) is 18.0. The third-order valence-electron chi connectivity index (χ3n) is 11.7. The van der Waals surface area contributed by atoms with Gasteiger partial charge in [0, 0.05) is 42.3 Å². The molecule has 0 spiro atoms. The standard InChI is InChI=1S/C39H44N6O4/c46-38(47)45-29-12-13-30(45)23-43(22-29)36-33-14-19-42(24-34(33)40-37(41-36)49-26-39-15-6-17-44(39)18-7-16-39)35-21-31(20-28-10-4-5-11-32(28)35)48-25-27-8-2-1-3-9-27/h1-5,8-11,20-21,29-30H,6-7,12-19,22-26H2,(H,46,47)/t29-,30+. The second-order valence-corrected chi connectivity index (χ2v) is 14.6. The minimum Gasteiger partial charge on any atom is -0.489 e. The van der Waals surface area contributed by atoms with Crippen LogP contribution >= 0.6 is 0 Å². The number of hydrogen-bond acceptors (Lipinski definition) is 8. The molecule has 5 aliphatic heterocycles. The number of hydrogen-bond donors (Lipinski definition) is 1. The number of rotatable bonds is 8. The minimum absolute atomic E-state index is 0.0132. The zero-order chi connectivity index (χ0) is 33.0. The minimum atomic E-state index is -0.810. The number of aromatic nitrogens is 2. The van der Waals surface area contributed by atoms with Crippen molar-refractivity contribution in [2.75, 3.05) is 49.1 Å². The van der Waals surface area contributed by atoms with Crippen molar-refractivity contribution in [3.05, 3.63) is 83.6 Å². The number of ether oxygens (including phenoxy) is 2. The van der Waals surface area contributed by atoms with Crippen LogP contribution in [0, 0.1) is 0 Å². The van der Waals surface area contributed by atoms with Crippen LogP contribution in [0.3, 0.4) is 0 Å². The van der Waals surface area contributed by atoms with Crippen molar-refractivity contribution in [3.63, 3.8) is 0 Å². The zero-order valence-corrected chi connectivity index (χ0v) is 28.0. The van der Waals surface area contributed by atoms with Crippen LogP contribution in [-0.2, 0) is 19.6 Å². The Morgan fingerprint density at radius 2 is 1.63 bits per heavy atom. The number of carboxylic acid groups (broad SMARTS) is 1. The van der Waals surface area contributed by atoms with Gasteiger partial charge in [-0.05, 0) is 75.1 Å². The summed E-state index contributed by atoms with van der Waals surface area (Å²) in [5, 5.41) is 12.3. The molecule has 254 valence electrons. The average molecular weight is 661 g/mol. The summed E-state index contributed by atoms with van der Waals surface area (Å²) in [5.41, 5.74) is 4.52. The predicted molar refractivity (Wildman–Crippen MR) is 189 cm³/mol. The SMILES string of the molecule is O=C(O)N1[C@@H]2CC[C@H]1CN(c1nc(OCC34CCCN3CCC4)nc3c1CCN(c1cc(OCc4ccccc4)cc4ccccc14)C3)C2. The van der Waals surface area contributed by atoms with Crippen molar-refractivity contribution in [2.45, 2.75) is 75.7 Å². The lowest BCUT2D eigenvalue weighted by molar-refractivity contribution is 0.107. The lowest BCUT2D eigenvalue weighted by atomic mass is 9.95. The fourth-order valence-corrected chi connectivity index (χ4v) is 9.32. The Kier molecular flexibility index (Phi) is 7.71. The molecule has 1 N–H and O–H groups in total. The molecule has 4 fully saturated rings. The average Bonchev–Trinajstić information content (AvgIpc) is 3.80. The maximum absolute atomic E-state index is 12.1. The van der Waals surface area contributed by atoms with E-state index >= 15 is 0 Å². The molecule has 10 heteroatoms. The summed E-state index contributed by atoms with van der Waals surface area (Å²) in [7, 11) is 0. The third-order valence-corrected chi connectivity index (χ3v) is 11.7. The van der Waals surface area contributed by atoms with E-state index in [0.29, 0.717) is 38.9 Å². The van der Waals surface area contributed by atoms with E-state index in [1.807, 2.05) is 18.2 Å². The highest BCUT2D eigenvalue weighted by Gasteiger charge is 2.46. The van der Waals surface area contributed by atoms with Crippen LogP contribution in [0.25, 0.3) is 10.8 Å². The van der Waals surface area contributed by atoms with Crippen molar-refractivity contribution in [3.8, 4) is 11.8 Å². The molecule has 1 amide bonds. The summed E-state index contributed by atoms with van der Waals surface area (Å²) in [4.78, 5) is 31.4. The largest absolute Gasteiger partial charge is 0.489 e. The topological polar surface area (TPSA) is 94.5 Å². The number of anilines is 2. The van der Waals surface area contributed by atoms with Gasteiger partial charge in [0.05, 0.1) is 29.9 Å². The van der Waals surface area contributed by atoms with E-state index < -0.39 is 6.09 Å². The van der Waals surface area contributed by atoms with Crippen molar-refractivity contribution >= 4 is 28.4 Å². The first-order chi connectivity index (χ1) is 24.0. The second-order valence-electron chi connectivity index (χ2n) is 14.6. The van der Waals surface area contributed by atoms with E-state index in [4.69, 9.17) is 19.4 Å². The normalized spacial score (nSPS) is 22.7. The van der Waals surface area contributed by atoms with Crippen LogP contribution in [0.1, 0.15) is 55.3 Å². The number of fused-ring (bicyclic) bond motifs is 5. The Labute approximate surface area is 287 Å². The quantitative estimate of drug-likeness (QED) is 0.240. The summed E-state index contributed by atoms with van der Waals surface area (Å²) >= 11 is 0. The molecule has 2 bridgehead atoms. The van der Waals surface area contributed by atoms with Gasteiger partial charge < -0.3 is 24.4 Å². The van der Waals surface area contributed by atoms with Gasteiger partial charge in [-0.25, -0.2) is 4.79 Å². The first kappa shape index (κ1) is 30.5. The van der Waals surface area contributed by atoms with Crippen molar-refractivity contribution < 1.29 is 19.4 Å². The molecule has 4 saturated heterocycles. The van der Waals surface area contributed by atoms with Crippen LogP contribution in [0.5, 0.6) is 11.8 Å². The predicted octanol–water partition coefficient (Wildman–Crippen LogP) is 6.11. The molecular weight excluding hydrogens is 616 g/mol. The summed E-state index contributed by atoms with van der Waals surface area (Å²) in [6, 6.07) is 23.5. The van der Waals surface area contributed by atoms with Gasteiger partial charge in [-0.1, -0.05) is 54.6 Å². The molecule has 6 heterocycles. The molecule has 1 aromatic heterocycles. The van der Waals surface area contributed by atoms with Gasteiger partial charge >= 0.3 is 12.1 Å². The molecule has 2 atom stereocenters.